The van der Waals surface area contributed by atoms with Crippen molar-refractivity contribution in [3.63, 3.8) is 0 Å². The number of carbonyl (C=O) groups excluding carboxylic acids is 1. The number of amides is 1. The van der Waals surface area contributed by atoms with Gasteiger partial charge in [0, 0.05) is 17.3 Å². The molecule has 1 atom stereocenters. The molecule has 7 heteroatoms. The van der Waals surface area contributed by atoms with Crippen LogP contribution < -0.4 is 5.32 Å². The molecule has 136 valence electrons. The first kappa shape index (κ1) is 16.0. The van der Waals surface area contributed by atoms with Crippen molar-refractivity contribution in [2.75, 3.05) is 0 Å². The highest BCUT2D eigenvalue weighted by atomic mass is 16.3. The van der Waals surface area contributed by atoms with Gasteiger partial charge in [0.05, 0.1) is 5.69 Å². The number of nitrogens with one attached hydrogen (secondary N) is 1. The Bertz CT molecular complexity index is 1170. The van der Waals surface area contributed by atoms with E-state index in [-0.39, 0.29) is 11.9 Å². The fourth-order valence-electron chi connectivity index (χ4n) is 3.44. The van der Waals surface area contributed by atoms with Crippen molar-refractivity contribution in [3.05, 3.63) is 48.4 Å². The molecular weight excluding hydrogens is 342 g/mol. The van der Waals surface area contributed by atoms with Crippen molar-refractivity contribution in [2.24, 2.45) is 5.92 Å². The second kappa shape index (κ2) is 5.90. The first-order chi connectivity index (χ1) is 13.1. The average molecular weight is 361 g/mol. The van der Waals surface area contributed by atoms with Gasteiger partial charge < -0.3 is 9.73 Å². The Balaban J connectivity index is 1.57. The topological polar surface area (TPSA) is 85.3 Å². The summed E-state index contributed by atoms with van der Waals surface area (Å²) in [6, 6.07) is 7.89. The predicted molar refractivity (Wildman–Crippen MR) is 100 cm³/mol. The van der Waals surface area contributed by atoms with Gasteiger partial charge in [0.25, 0.3) is 5.91 Å². The number of hydrogen-bond donors (Lipinski definition) is 1. The van der Waals surface area contributed by atoms with Crippen LogP contribution in [-0.4, -0.2) is 31.3 Å². The number of hydrogen-bond acceptors (Lipinski definition) is 5. The van der Waals surface area contributed by atoms with Gasteiger partial charge in [-0.2, -0.15) is 0 Å². The molecule has 0 spiro atoms. The highest BCUT2D eigenvalue weighted by Crippen LogP contribution is 2.32. The summed E-state index contributed by atoms with van der Waals surface area (Å²) in [6.07, 6.45) is 5.44. The number of imidazole rings is 1. The smallest absolute Gasteiger partial charge is 0.274 e. The van der Waals surface area contributed by atoms with E-state index >= 15 is 0 Å². The lowest BCUT2D eigenvalue weighted by Crippen LogP contribution is -2.34. The fourth-order valence-corrected chi connectivity index (χ4v) is 3.44. The zero-order chi connectivity index (χ0) is 18.5. The van der Waals surface area contributed by atoms with Crippen molar-refractivity contribution in [1.82, 2.24) is 24.7 Å². The van der Waals surface area contributed by atoms with E-state index in [1.165, 1.54) is 19.2 Å². The summed E-state index contributed by atoms with van der Waals surface area (Å²) < 4.78 is 7.15. The molecule has 27 heavy (non-hydrogen) atoms. The second-order valence-corrected chi connectivity index (χ2v) is 7.20. The second-order valence-electron chi connectivity index (χ2n) is 7.20. The van der Waals surface area contributed by atoms with Gasteiger partial charge in [0.1, 0.15) is 11.8 Å². The van der Waals surface area contributed by atoms with Crippen molar-refractivity contribution in [3.8, 4) is 11.3 Å². The van der Waals surface area contributed by atoms with Crippen LogP contribution in [0.25, 0.3) is 28.0 Å². The number of benzene rings is 1. The van der Waals surface area contributed by atoms with Crippen LogP contribution in [0, 0.1) is 12.8 Å². The molecule has 1 unspecified atom stereocenters. The van der Waals surface area contributed by atoms with Gasteiger partial charge >= 0.3 is 0 Å². The van der Waals surface area contributed by atoms with Crippen LogP contribution >= 0.6 is 0 Å². The molecule has 0 radical (unpaired) electrons. The standard InChI is InChI=1S/C20H19N5O2/c1-11-7-15(14-5-6-17-16(8-14)22-10-27-17)24-19-18(21-9-25(11)19)20(26)23-12(2)13-3-4-13/h5-10,12-13H,3-4H2,1-2H3,(H,23,26). The molecule has 1 aromatic carbocycles. The monoisotopic (exact) mass is 361 g/mol. The Kier molecular flexibility index (Phi) is 3.50. The van der Waals surface area contributed by atoms with Crippen LogP contribution in [0.15, 0.2) is 41.4 Å². The van der Waals surface area contributed by atoms with Gasteiger partial charge in [-0.25, -0.2) is 15.0 Å². The van der Waals surface area contributed by atoms with Gasteiger partial charge in [0.15, 0.2) is 23.3 Å². The molecule has 7 nitrogen and oxygen atoms in total. The van der Waals surface area contributed by atoms with E-state index in [0.29, 0.717) is 17.3 Å². The van der Waals surface area contributed by atoms with E-state index in [1.54, 1.807) is 6.33 Å². The normalized spacial score (nSPS) is 15.3. The number of carbonyl (C=O) groups is 1. The number of aromatic nitrogens is 4. The Morgan fingerprint density at radius 3 is 2.96 bits per heavy atom. The van der Waals surface area contributed by atoms with E-state index in [4.69, 9.17) is 9.40 Å². The molecule has 1 aliphatic carbocycles. The Morgan fingerprint density at radius 2 is 2.15 bits per heavy atom. The zero-order valence-electron chi connectivity index (χ0n) is 15.1. The van der Waals surface area contributed by atoms with E-state index in [9.17, 15) is 4.79 Å². The van der Waals surface area contributed by atoms with E-state index in [0.717, 1.165) is 28.1 Å². The highest BCUT2D eigenvalue weighted by molar-refractivity contribution is 5.98. The molecule has 0 bridgehead atoms. The van der Waals surface area contributed by atoms with Gasteiger partial charge in [-0.1, -0.05) is 0 Å². The molecule has 3 aromatic heterocycles. The third kappa shape index (κ3) is 2.75. The van der Waals surface area contributed by atoms with Crippen molar-refractivity contribution in [2.45, 2.75) is 32.7 Å². The number of rotatable bonds is 4. The van der Waals surface area contributed by atoms with Gasteiger partial charge in [-0.15, -0.1) is 0 Å². The third-order valence-corrected chi connectivity index (χ3v) is 5.22. The Morgan fingerprint density at radius 1 is 1.30 bits per heavy atom. The van der Waals surface area contributed by atoms with Crippen molar-refractivity contribution >= 4 is 22.7 Å². The lowest BCUT2D eigenvalue weighted by Gasteiger charge is -2.12. The van der Waals surface area contributed by atoms with Crippen LogP contribution in [0.5, 0.6) is 0 Å². The third-order valence-electron chi connectivity index (χ3n) is 5.22. The van der Waals surface area contributed by atoms with E-state index in [1.807, 2.05) is 42.5 Å². The molecule has 5 rings (SSSR count). The molecule has 4 aromatic rings. The van der Waals surface area contributed by atoms with Gasteiger partial charge in [-0.3, -0.25) is 9.20 Å². The summed E-state index contributed by atoms with van der Waals surface area (Å²) in [7, 11) is 0. The molecule has 1 amide bonds. The van der Waals surface area contributed by atoms with Gasteiger partial charge in [0.2, 0.25) is 0 Å². The SMILES string of the molecule is Cc1cc(-c2ccc3ocnc3c2)nc2c(C(=O)NC(C)C3CC3)ncn12. The maximum Gasteiger partial charge on any atom is 0.274 e. The summed E-state index contributed by atoms with van der Waals surface area (Å²) in [5, 5.41) is 3.06. The molecule has 1 aliphatic rings. The van der Waals surface area contributed by atoms with Crippen LogP contribution in [0.4, 0.5) is 0 Å². The highest BCUT2D eigenvalue weighted by Gasteiger charge is 2.30. The summed E-state index contributed by atoms with van der Waals surface area (Å²) in [5.74, 6) is 0.412. The minimum atomic E-state index is -0.173. The number of oxazole rings is 1. The zero-order valence-corrected chi connectivity index (χ0v) is 15.1. The molecule has 0 saturated heterocycles. The average Bonchev–Trinajstić information content (AvgIpc) is 3.25. The van der Waals surface area contributed by atoms with E-state index < -0.39 is 0 Å². The van der Waals surface area contributed by atoms with Crippen molar-refractivity contribution in [1.29, 1.82) is 0 Å². The van der Waals surface area contributed by atoms with E-state index in [2.05, 4.69) is 15.3 Å². The quantitative estimate of drug-likeness (QED) is 0.602. The Hall–Kier alpha value is -3.22. The molecule has 0 aliphatic heterocycles. The predicted octanol–water partition coefficient (Wildman–Crippen LogP) is 3.37. The largest absolute Gasteiger partial charge is 0.443 e. The maximum absolute atomic E-state index is 12.7. The number of aryl methyl sites for hydroxylation is 1. The maximum atomic E-state index is 12.7. The van der Waals surface area contributed by atoms with Gasteiger partial charge in [-0.05, 0) is 56.9 Å². The molecular formula is C20H19N5O2. The first-order valence-corrected chi connectivity index (χ1v) is 9.09. The molecule has 1 fully saturated rings. The molecule has 1 saturated carbocycles. The summed E-state index contributed by atoms with van der Waals surface area (Å²) in [4.78, 5) is 26.0. The summed E-state index contributed by atoms with van der Waals surface area (Å²) >= 11 is 0. The summed E-state index contributed by atoms with van der Waals surface area (Å²) in [6.45, 7) is 4.02. The minimum Gasteiger partial charge on any atom is -0.443 e. The van der Waals surface area contributed by atoms with Crippen LogP contribution in [0.1, 0.15) is 35.9 Å². The number of nitrogens with zero attached hydrogens (tertiary/aromatic N) is 4. The molecule has 1 N–H and O–H groups in total. The lowest BCUT2D eigenvalue weighted by molar-refractivity contribution is 0.0933. The lowest BCUT2D eigenvalue weighted by atomic mass is 10.1. The molecule has 3 heterocycles. The van der Waals surface area contributed by atoms with Crippen molar-refractivity contribution < 1.29 is 9.21 Å². The van der Waals surface area contributed by atoms with Crippen LogP contribution in [0.3, 0.4) is 0 Å². The number of fused-ring (bicyclic) bond motifs is 2. The summed E-state index contributed by atoms with van der Waals surface area (Å²) in [5.41, 5.74) is 5.07. The fraction of sp³-hybridized carbons (Fsp3) is 0.300. The Labute approximate surface area is 155 Å². The van der Waals surface area contributed by atoms with Crippen LogP contribution in [-0.2, 0) is 0 Å². The van der Waals surface area contributed by atoms with Crippen LogP contribution in [0.2, 0.25) is 0 Å². The minimum absolute atomic E-state index is 0.160. The first-order valence-electron chi connectivity index (χ1n) is 9.09.